The monoisotopic (exact) mass is 412 g/mol. The normalized spacial score (nSPS) is 13.5. The van der Waals surface area contributed by atoms with Gasteiger partial charge in [0.1, 0.15) is 13.2 Å². The zero-order valence-corrected chi connectivity index (χ0v) is 17.8. The van der Waals surface area contributed by atoms with Gasteiger partial charge >= 0.3 is 5.97 Å². The van der Waals surface area contributed by atoms with Gasteiger partial charge in [-0.2, -0.15) is 0 Å². The van der Waals surface area contributed by atoms with Crippen molar-refractivity contribution in [2.45, 2.75) is 19.9 Å². The topological polar surface area (TPSA) is 77.1 Å². The standard InChI is InChI=1S/C23H28N2O5/c1-15(2)22(17-7-10-19-20(13-17)29-12-11-28-19)24-21(26)14-30-23(27)16-5-8-18(9-6-16)25(3)4/h5-10,13,15,22H,11-12,14H2,1-4H3,(H,24,26)/t22-/m0/s1. The summed E-state index contributed by atoms with van der Waals surface area (Å²) in [7, 11) is 3.84. The second-order valence-corrected chi connectivity index (χ2v) is 7.71. The number of carbonyl (C=O) groups is 2. The van der Waals surface area contributed by atoms with Crippen molar-refractivity contribution in [3.8, 4) is 11.5 Å². The first-order valence-electron chi connectivity index (χ1n) is 9.98. The van der Waals surface area contributed by atoms with Crippen LogP contribution in [0.5, 0.6) is 11.5 Å². The number of fused-ring (bicyclic) bond motifs is 1. The third kappa shape index (κ3) is 5.23. The molecule has 30 heavy (non-hydrogen) atoms. The first kappa shape index (κ1) is 21.5. The number of hydrogen-bond donors (Lipinski definition) is 1. The highest BCUT2D eigenvalue weighted by atomic mass is 16.6. The third-order valence-electron chi connectivity index (χ3n) is 4.86. The molecule has 0 unspecified atom stereocenters. The molecule has 0 fully saturated rings. The fraction of sp³-hybridized carbons (Fsp3) is 0.391. The Bertz CT molecular complexity index is 893. The van der Waals surface area contributed by atoms with Gasteiger partial charge in [-0.05, 0) is 47.9 Å². The molecule has 0 radical (unpaired) electrons. The van der Waals surface area contributed by atoms with Gasteiger partial charge in [-0.25, -0.2) is 4.79 Å². The Morgan fingerprint density at radius 3 is 2.33 bits per heavy atom. The highest BCUT2D eigenvalue weighted by Crippen LogP contribution is 2.34. The fourth-order valence-corrected chi connectivity index (χ4v) is 3.21. The predicted molar refractivity (Wildman–Crippen MR) is 114 cm³/mol. The van der Waals surface area contributed by atoms with Gasteiger partial charge in [0.05, 0.1) is 11.6 Å². The molecule has 1 heterocycles. The number of ether oxygens (including phenoxy) is 3. The Labute approximate surface area is 176 Å². The minimum absolute atomic E-state index is 0.130. The Morgan fingerprint density at radius 1 is 1.03 bits per heavy atom. The first-order valence-corrected chi connectivity index (χ1v) is 9.98. The van der Waals surface area contributed by atoms with E-state index in [9.17, 15) is 9.59 Å². The predicted octanol–water partition coefficient (Wildman–Crippen LogP) is 3.19. The molecule has 2 aromatic carbocycles. The van der Waals surface area contributed by atoms with E-state index >= 15 is 0 Å². The zero-order chi connectivity index (χ0) is 21.7. The third-order valence-corrected chi connectivity index (χ3v) is 4.86. The molecule has 0 aromatic heterocycles. The smallest absolute Gasteiger partial charge is 0.338 e. The van der Waals surface area contributed by atoms with Crippen molar-refractivity contribution in [1.29, 1.82) is 0 Å². The molecule has 0 saturated heterocycles. The van der Waals surface area contributed by atoms with Crippen molar-refractivity contribution in [2.24, 2.45) is 5.92 Å². The van der Waals surface area contributed by atoms with E-state index in [-0.39, 0.29) is 24.5 Å². The number of anilines is 1. The highest BCUT2D eigenvalue weighted by molar-refractivity contribution is 5.91. The van der Waals surface area contributed by atoms with Crippen LogP contribution in [-0.4, -0.2) is 45.8 Å². The van der Waals surface area contributed by atoms with E-state index in [0.29, 0.717) is 30.3 Å². The average Bonchev–Trinajstić information content (AvgIpc) is 2.75. The minimum Gasteiger partial charge on any atom is -0.486 e. The van der Waals surface area contributed by atoms with Crippen LogP contribution in [0, 0.1) is 5.92 Å². The van der Waals surface area contributed by atoms with E-state index in [0.717, 1.165) is 11.3 Å². The molecular weight excluding hydrogens is 384 g/mol. The lowest BCUT2D eigenvalue weighted by molar-refractivity contribution is -0.125. The van der Waals surface area contributed by atoms with E-state index in [4.69, 9.17) is 14.2 Å². The van der Waals surface area contributed by atoms with Crippen molar-refractivity contribution < 1.29 is 23.8 Å². The molecule has 1 amide bonds. The molecule has 1 N–H and O–H groups in total. The summed E-state index contributed by atoms with van der Waals surface area (Å²) in [6, 6.07) is 12.4. The lowest BCUT2D eigenvalue weighted by Gasteiger charge is -2.25. The van der Waals surface area contributed by atoms with Crippen LogP contribution < -0.4 is 19.7 Å². The van der Waals surface area contributed by atoms with Gasteiger partial charge in [-0.15, -0.1) is 0 Å². The van der Waals surface area contributed by atoms with Crippen LogP contribution in [0.15, 0.2) is 42.5 Å². The molecule has 160 valence electrons. The van der Waals surface area contributed by atoms with Crippen molar-refractivity contribution in [3.05, 3.63) is 53.6 Å². The van der Waals surface area contributed by atoms with E-state index in [1.807, 2.05) is 63.2 Å². The molecule has 3 rings (SSSR count). The van der Waals surface area contributed by atoms with E-state index in [2.05, 4.69) is 5.32 Å². The summed E-state index contributed by atoms with van der Waals surface area (Å²) >= 11 is 0. The molecule has 1 aliphatic rings. The van der Waals surface area contributed by atoms with Gasteiger partial charge < -0.3 is 24.4 Å². The number of hydrogen-bond acceptors (Lipinski definition) is 6. The van der Waals surface area contributed by atoms with Crippen molar-refractivity contribution in [1.82, 2.24) is 5.32 Å². The first-order chi connectivity index (χ1) is 14.3. The van der Waals surface area contributed by atoms with Crippen LogP contribution in [0.2, 0.25) is 0 Å². The molecule has 2 aromatic rings. The van der Waals surface area contributed by atoms with Gasteiger partial charge in [-0.3, -0.25) is 4.79 Å². The number of rotatable bonds is 7. The summed E-state index contributed by atoms with van der Waals surface area (Å²) in [4.78, 5) is 26.6. The Morgan fingerprint density at radius 2 is 1.70 bits per heavy atom. The van der Waals surface area contributed by atoms with Crippen LogP contribution >= 0.6 is 0 Å². The molecule has 7 heteroatoms. The highest BCUT2D eigenvalue weighted by Gasteiger charge is 2.22. The molecule has 0 bridgehead atoms. The number of esters is 1. The summed E-state index contributed by atoms with van der Waals surface area (Å²) in [6.45, 7) is 4.71. The van der Waals surface area contributed by atoms with Crippen molar-refractivity contribution >= 4 is 17.6 Å². The molecule has 0 saturated carbocycles. The number of amides is 1. The molecule has 1 atom stereocenters. The molecule has 0 spiro atoms. The summed E-state index contributed by atoms with van der Waals surface area (Å²) in [6.07, 6.45) is 0. The maximum Gasteiger partial charge on any atom is 0.338 e. The molecule has 1 aliphatic heterocycles. The molecule has 7 nitrogen and oxygen atoms in total. The maximum atomic E-state index is 12.4. The lowest BCUT2D eigenvalue weighted by Crippen LogP contribution is -2.35. The van der Waals surface area contributed by atoms with Crippen LogP contribution in [0.1, 0.15) is 35.8 Å². The number of nitrogens with zero attached hydrogens (tertiary/aromatic N) is 1. The average molecular weight is 412 g/mol. The Hall–Kier alpha value is -3.22. The van der Waals surface area contributed by atoms with E-state index in [1.54, 1.807) is 12.1 Å². The largest absolute Gasteiger partial charge is 0.486 e. The Balaban J connectivity index is 1.59. The second-order valence-electron chi connectivity index (χ2n) is 7.71. The minimum atomic E-state index is -0.532. The fourth-order valence-electron chi connectivity index (χ4n) is 3.21. The number of carbonyl (C=O) groups excluding carboxylic acids is 2. The van der Waals surface area contributed by atoms with Gasteiger partial charge in [0.25, 0.3) is 5.91 Å². The zero-order valence-electron chi connectivity index (χ0n) is 17.8. The lowest BCUT2D eigenvalue weighted by atomic mass is 9.95. The molecule has 0 aliphatic carbocycles. The van der Waals surface area contributed by atoms with Gasteiger partial charge in [-0.1, -0.05) is 19.9 Å². The summed E-state index contributed by atoms with van der Waals surface area (Å²) in [5, 5.41) is 2.95. The second kappa shape index (κ2) is 9.52. The maximum absolute atomic E-state index is 12.4. The van der Waals surface area contributed by atoms with Crippen LogP contribution in [-0.2, 0) is 9.53 Å². The van der Waals surface area contributed by atoms with Gasteiger partial charge in [0, 0.05) is 19.8 Å². The number of nitrogens with one attached hydrogen (secondary N) is 1. The van der Waals surface area contributed by atoms with Crippen molar-refractivity contribution in [3.63, 3.8) is 0 Å². The van der Waals surface area contributed by atoms with Crippen LogP contribution in [0.3, 0.4) is 0 Å². The SMILES string of the molecule is CC(C)[C@H](NC(=O)COC(=O)c1ccc(N(C)C)cc1)c1ccc2c(c1)OCCO2. The quantitative estimate of drug-likeness (QED) is 0.704. The number of benzene rings is 2. The van der Waals surface area contributed by atoms with Gasteiger partial charge in [0.15, 0.2) is 18.1 Å². The van der Waals surface area contributed by atoms with E-state index in [1.165, 1.54) is 0 Å². The van der Waals surface area contributed by atoms with Crippen LogP contribution in [0.4, 0.5) is 5.69 Å². The van der Waals surface area contributed by atoms with Gasteiger partial charge in [0.2, 0.25) is 0 Å². The molecular formula is C23H28N2O5. The Kier molecular flexibility index (Phi) is 6.82. The summed E-state index contributed by atoms with van der Waals surface area (Å²) in [5.41, 5.74) is 2.29. The summed E-state index contributed by atoms with van der Waals surface area (Å²) in [5.74, 6) is 0.614. The summed E-state index contributed by atoms with van der Waals surface area (Å²) < 4.78 is 16.4. The van der Waals surface area contributed by atoms with E-state index < -0.39 is 5.97 Å². The van der Waals surface area contributed by atoms with Crippen molar-refractivity contribution in [2.75, 3.05) is 38.8 Å². The van der Waals surface area contributed by atoms with Crippen LogP contribution in [0.25, 0.3) is 0 Å².